The average molecular weight is 284 g/mol. The van der Waals surface area contributed by atoms with Crippen molar-refractivity contribution in [3.63, 3.8) is 0 Å². The maximum absolute atomic E-state index is 5.33. The Morgan fingerprint density at radius 3 is 2.57 bits per heavy atom. The second kappa shape index (κ2) is 7.89. The zero-order valence-corrected chi connectivity index (χ0v) is 12.3. The number of aromatic nitrogens is 1. The van der Waals surface area contributed by atoms with Crippen molar-refractivity contribution < 1.29 is 4.74 Å². The Kier molecular flexibility index (Phi) is 5.58. The summed E-state index contributed by atoms with van der Waals surface area (Å²) in [6.07, 6.45) is 1.78. The zero-order chi connectivity index (χ0) is 14.9. The molecule has 5 nitrogen and oxygen atoms in total. The molecule has 0 unspecified atom stereocenters. The maximum Gasteiger partial charge on any atom is 0.191 e. The molecule has 21 heavy (non-hydrogen) atoms. The van der Waals surface area contributed by atoms with Gasteiger partial charge < -0.3 is 15.4 Å². The third kappa shape index (κ3) is 4.49. The smallest absolute Gasteiger partial charge is 0.191 e. The monoisotopic (exact) mass is 284 g/mol. The predicted molar refractivity (Wildman–Crippen MR) is 84.3 cm³/mol. The van der Waals surface area contributed by atoms with E-state index in [0.717, 1.165) is 23.0 Å². The highest BCUT2D eigenvalue weighted by Gasteiger charge is 2.03. The maximum atomic E-state index is 5.33. The minimum Gasteiger partial charge on any atom is -0.496 e. The summed E-state index contributed by atoms with van der Waals surface area (Å²) in [5, 5.41) is 6.49. The predicted octanol–water partition coefficient (Wildman–Crippen LogP) is 1.96. The van der Waals surface area contributed by atoms with Crippen molar-refractivity contribution in [2.24, 2.45) is 4.99 Å². The third-order valence-corrected chi connectivity index (χ3v) is 3.03. The highest BCUT2D eigenvalue weighted by molar-refractivity contribution is 5.79. The van der Waals surface area contributed by atoms with Gasteiger partial charge in [0.25, 0.3) is 0 Å². The molecule has 2 aromatic rings. The summed E-state index contributed by atoms with van der Waals surface area (Å²) >= 11 is 0. The van der Waals surface area contributed by atoms with Gasteiger partial charge in [0.2, 0.25) is 0 Å². The van der Waals surface area contributed by atoms with Crippen LogP contribution in [0.1, 0.15) is 11.3 Å². The van der Waals surface area contributed by atoms with E-state index in [1.807, 2.05) is 42.5 Å². The molecule has 2 rings (SSSR count). The number of nitrogens with one attached hydrogen (secondary N) is 2. The zero-order valence-electron chi connectivity index (χ0n) is 12.3. The molecule has 1 aromatic carbocycles. The molecule has 0 saturated heterocycles. The van der Waals surface area contributed by atoms with Crippen molar-refractivity contribution in [1.29, 1.82) is 0 Å². The first-order valence-electron chi connectivity index (χ1n) is 6.80. The van der Waals surface area contributed by atoms with Gasteiger partial charge in [-0.05, 0) is 18.2 Å². The van der Waals surface area contributed by atoms with Crippen molar-refractivity contribution in [1.82, 2.24) is 15.6 Å². The second-order valence-corrected chi connectivity index (χ2v) is 4.41. The van der Waals surface area contributed by atoms with Gasteiger partial charge in [0.1, 0.15) is 5.75 Å². The van der Waals surface area contributed by atoms with E-state index < -0.39 is 0 Å². The van der Waals surface area contributed by atoms with Gasteiger partial charge in [0.15, 0.2) is 5.96 Å². The molecule has 0 aliphatic rings. The fourth-order valence-electron chi connectivity index (χ4n) is 1.93. The lowest BCUT2D eigenvalue weighted by molar-refractivity contribution is 0.409. The molecule has 5 heteroatoms. The van der Waals surface area contributed by atoms with Crippen LogP contribution in [-0.2, 0) is 13.1 Å². The lowest BCUT2D eigenvalue weighted by Gasteiger charge is -2.13. The van der Waals surface area contributed by atoms with Crippen molar-refractivity contribution in [2.45, 2.75) is 13.1 Å². The first-order valence-corrected chi connectivity index (χ1v) is 6.80. The number of hydrogen-bond acceptors (Lipinski definition) is 3. The number of para-hydroxylation sites is 1. The van der Waals surface area contributed by atoms with Crippen LogP contribution in [0.4, 0.5) is 0 Å². The quantitative estimate of drug-likeness (QED) is 0.651. The topological polar surface area (TPSA) is 58.5 Å². The van der Waals surface area contributed by atoms with Crippen LogP contribution in [0.2, 0.25) is 0 Å². The molecule has 0 aliphatic heterocycles. The van der Waals surface area contributed by atoms with Crippen LogP contribution in [0.3, 0.4) is 0 Å². The summed E-state index contributed by atoms with van der Waals surface area (Å²) in [5.41, 5.74) is 2.05. The Labute approximate surface area is 125 Å². The highest BCUT2D eigenvalue weighted by atomic mass is 16.5. The number of aliphatic imine (C=N–C) groups is 1. The van der Waals surface area contributed by atoms with Crippen LogP contribution >= 0.6 is 0 Å². The van der Waals surface area contributed by atoms with Crippen molar-refractivity contribution in [2.75, 3.05) is 14.2 Å². The molecule has 0 radical (unpaired) electrons. The molecule has 0 fully saturated rings. The molecule has 0 saturated carbocycles. The molecule has 1 heterocycles. The Hall–Kier alpha value is -2.56. The number of rotatable bonds is 5. The largest absolute Gasteiger partial charge is 0.496 e. The molecule has 1 aromatic heterocycles. The summed E-state index contributed by atoms with van der Waals surface area (Å²) in [6, 6.07) is 13.8. The van der Waals surface area contributed by atoms with E-state index in [-0.39, 0.29) is 0 Å². The van der Waals surface area contributed by atoms with Gasteiger partial charge in [-0.15, -0.1) is 0 Å². The molecule has 110 valence electrons. The van der Waals surface area contributed by atoms with E-state index in [9.17, 15) is 0 Å². The number of guanidine groups is 1. The fourth-order valence-corrected chi connectivity index (χ4v) is 1.93. The number of methoxy groups -OCH3 is 1. The number of ether oxygens (including phenoxy) is 1. The fraction of sp³-hybridized carbons (Fsp3) is 0.250. The molecular formula is C16H20N4O. The summed E-state index contributed by atoms with van der Waals surface area (Å²) in [5.74, 6) is 1.59. The van der Waals surface area contributed by atoms with Gasteiger partial charge in [0.05, 0.1) is 19.3 Å². The van der Waals surface area contributed by atoms with E-state index in [4.69, 9.17) is 4.74 Å². The first-order chi connectivity index (χ1) is 10.3. The molecular weight excluding hydrogens is 264 g/mol. The van der Waals surface area contributed by atoms with E-state index in [2.05, 4.69) is 20.6 Å². The summed E-state index contributed by atoms with van der Waals surface area (Å²) in [6.45, 7) is 1.28. The van der Waals surface area contributed by atoms with Crippen LogP contribution in [0.5, 0.6) is 5.75 Å². The van der Waals surface area contributed by atoms with E-state index in [0.29, 0.717) is 13.1 Å². The van der Waals surface area contributed by atoms with Crippen LogP contribution in [-0.4, -0.2) is 25.1 Å². The minimum atomic E-state index is 0.631. The number of benzene rings is 1. The van der Waals surface area contributed by atoms with Crippen LogP contribution < -0.4 is 15.4 Å². The van der Waals surface area contributed by atoms with Gasteiger partial charge in [-0.25, -0.2) is 0 Å². The van der Waals surface area contributed by atoms with Crippen molar-refractivity contribution in [3.05, 3.63) is 59.9 Å². The number of hydrogen-bond donors (Lipinski definition) is 2. The Morgan fingerprint density at radius 2 is 1.86 bits per heavy atom. The lowest BCUT2D eigenvalue weighted by atomic mass is 10.2. The number of pyridine rings is 1. The van der Waals surface area contributed by atoms with Gasteiger partial charge in [-0.2, -0.15) is 0 Å². The molecule has 0 amide bonds. The summed E-state index contributed by atoms with van der Waals surface area (Å²) < 4.78 is 5.33. The summed E-state index contributed by atoms with van der Waals surface area (Å²) in [4.78, 5) is 8.46. The summed E-state index contributed by atoms with van der Waals surface area (Å²) in [7, 11) is 3.42. The first kappa shape index (κ1) is 14.8. The molecule has 2 N–H and O–H groups in total. The molecule has 0 bridgehead atoms. The van der Waals surface area contributed by atoms with E-state index in [1.54, 1.807) is 20.4 Å². The molecule has 0 atom stereocenters. The van der Waals surface area contributed by atoms with Crippen molar-refractivity contribution in [3.8, 4) is 5.75 Å². The van der Waals surface area contributed by atoms with Crippen LogP contribution in [0.15, 0.2) is 53.7 Å². The Balaban J connectivity index is 1.88. The SMILES string of the molecule is CN=C(NCc1ccccn1)NCc1ccccc1OC. The molecule has 0 spiro atoms. The second-order valence-electron chi connectivity index (χ2n) is 4.41. The van der Waals surface area contributed by atoms with Gasteiger partial charge in [0, 0.05) is 25.4 Å². The van der Waals surface area contributed by atoms with E-state index in [1.165, 1.54) is 0 Å². The average Bonchev–Trinajstić information content (AvgIpc) is 2.56. The Morgan fingerprint density at radius 1 is 1.10 bits per heavy atom. The van der Waals surface area contributed by atoms with Crippen LogP contribution in [0, 0.1) is 0 Å². The standard InChI is InChI=1S/C16H20N4O/c1-17-16(20-12-14-8-5-6-10-18-14)19-11-13-7-3-4-9-15(13)21-2/h3-10H,11-12H2,1-2H3,(H2,17,19,20). The van der Waals surface area contributed by atoms with Gasteiger partial charge >= 0.3 is 0 Å². The normalized spacial score (nSPS) is 11.0. The Bertz CT molecular complexity index is 584. The molecule has 0 aliphatic carbocycles. The van der Waals surface area contributed by atoms with Gasteiger partial charge in [-0.1, -0.05) is 24.3 Å². The van der Waals surface area contributed by atoms with Gasteiger partial charge in [-0.3, -0.25) is 9.98 Å². The lowest BCUT2D eigenvalue weighted by Crippen LogP contribution is -2.36. The number of nitrogens with zero attached hydrogens (tertiary/aromatic N) is 2. The van der Waals surface area contributed by atoms with Crippen molar-refractivity contribution >= 4 is 5.96 Å². The minimum absolute atomic E-state index is 0.631. The third-order valence-electron chi connectivity index (χ3n) is 3.03. The van der Waals surface area contributed by atoms with E-state index >= 15 is 0 Å². The van der Waals surface area contributed by atoms with Crippen LogP contribution in [0.25, 0.3) is 0 Å². The highest BCUT2D eigenvalue weighted by Crippen LogP contribution is 2.16.